The van der Waals surface area contributed by atoms with Crippen molar-refractivity contribution >= 4 is 38.1 Å². The molecule has 28 heavy (non-hydrogen) atoms. The summed E-state index contributed by atoms with van der Waals surface area (Å²) in [5.41, 5.74) is 1.73. The van der Waals surface area contributed by atoms with Gasteiger partial charge < -0.3 is 4.74 Å². The molecular formula is C18H18N4O4S2. The number of aromatic nitrogens is 2. The van der Waals surface area contributed by atoms with E-state index < -0.39 is 10.0 Å². The van der Waals surface area contributed by atoms with E-state index in [1.54, 1.807) is 42.5 Å². The van der Waals surface area contributed by atoms with E-state index in [0.717, 1.165) is 16.9 Å². The number of amides is 1. The van der Waals surface area contributed by atoms with Gasteiger partial charge in [-0.05, 0) is 38.1 Å². The van der Waals surface area contributed by atoms with Crippen molar-refractivity contribution in [2.45, 2.75) is 18.2 Å². The highest BCUT2D eigenvalue weighted by molar-refractivity contribution is 7.94. The van der Waals surface area contributed by atoms with Crippen molar-refractivity contribution in [2.75, 3.05) is 16.6 Å². The van der Waals surface area contributed by atoms with Crippen LogP contribution in [0.2, 0.25) is 0 Å². The number of aryl methyl sites for hydroxylation is 1. The molecule has 1 amide bonds. The summed E-state index contributed by atoms with van der Waals surface area (Å²) < 4.78 is 32.6. The normalized spacial score (nSPS) is 11.1. The van der Waals surface area contributed by atoms with Crippen molar-refractivity contribution in [1.29, 1.82) is 0 Å². The van der Waals surface area contributed by atoms with Gasteiger partial charge in [0.25, 0.3) is 20.3 Å². The molecule has 0 aliphatic carbocycles. The van der Waals surface area contributed by atoms with E-state index in [9.17, 15) is 13.2 Å². The van der Waals surface area contributed by atoms with Crippen LogP contribution < -0.4 is 14.8 Å². The molecule has 8 nitrogen and oxygen atoms in total. The Labute approximate surface area is 166 Å². The fraction of sp³-hybridized carbons (Fsp3) is 0.167. The van der Waals surface area contributed by atoms with Crippen LogP contribution >= 0.6 is 11.3 Å². The van der Waals surface area contributed by atoms with E-state index in [-0.39, 0.29) is 15.4 Å². The number of nitrogens with one attached hydrogen (secondary N) is 2. The van der Waals surface area contributed by atoms with Gasteiger partial charge in [0.05, 0.1) is 12.3 Å². The Morgan fingerprint density at radius 2 is 1.93 bits per heavy atom. The lowest BCUT2D eigenvalue weighted by Gasteiger charge is -2.07. The predicted molar refractivity (Wildman–Crippen MR) is 107 cm³/mol. The topological polar surface area (TPSA) is 110 Å². The average molecular weight is 419 g/mol. The van der Waals surface area contributed by atoms with Crippen LogP contribution in [0.25, 0.3) is 0 Å². The highest BCUT2D eigenvalue weighted by Crippen LogP contribution is 2.25. The van der Waals surface area contributed by atoms with E-state index in [1.165, 1.54) is 0 Å². The van der Waals surface area contributed by atoms with Gasteiger partial charge in [-0.25, -0.2) is 0 Å². The summed E-state index contributed by atoms with van der Waals surface area (Å²) in [6.45, 7) is 4.18. The molecule has 0 radical (unpaired) electrons. The summed E-state index contributed by atoms with van der Waals surface area (Å²) >= 11 is 0.765. The van der Waals surface area contributed by atoms with Crippen LogP contribution in [0.4, 0.5) is 10.8 Å². The van der Waals surface area contributed by atoms with Crippen molar-refractivity contribution in [1.82, 2.24) is 10.2 Å². The second-order valence-corrected chi connectivity index (χ2v) is 8.60. The van der Waals surface area contributed by atoms with Crippen molar-refractivity contribution in [3.8, 4) is 5.75 Å². The van der Waals surface area contributed by atoms with E-state index >= 15 is 0 Å². The first-order valence-corrected chi connectivity index (χ1v) is 10.6. The number of nitrogens with zero attached hydrogens (tertiary/aromatic N) is 2. The zero-order valence-corrected chi connectivity index (χ0v) is 16.8. The number of carbonyl (C=O) groups excluding carboxylic acids is 1. The van der Waals surface area contributed by atoms with Gasteiger partial charge in [0.15, 0.2) is 0 Å². The fourth-order valence-electron chi connectivity index (χ4n) is 2.34. The van der Waals surface area contributed by atoms with Crippen LogP contribution in [0.1, 0.15) is 22.8 Å². The van der Waals surface area contributed by atoms with Gasteiger partial charge in [-0.2, -0.15) is 8.42 Å². The highest BCUT2D eigenvalue weighted by atomic mass is 32.2. The molecule has 0 bridgehead atoms. The molecule has 1 aromatic heterocycles. The number of sulfonamides is 1. The minimum absolute atomic E-state index is 0.0925. The maximum absolute atomic E-state index is 12.5. The number of hydrogen-bond acceptors (Lipinski definition) is 7. The van der Waals surface area contributed by atoms with Gasteiger partial charge in [0, 0.05) is 11.6 Å². The molecule has 0 aliphatic rings. The van der Waals surface area contributed by atoms with Crippen LogP contribution in [-0.2, 0) is 10.0 Å². The van der Waals surface area contributed by atoms with Crippen LogP contribution in [0.5, 0.6) is 5.75 Å². The molecule has 10 heteroatoms. The van der Waals surface area contributed by atoms with Crippen LogP contribution in [0.3, 0.4) is 0 Å². The van der Waals surface area contributed by atoms with E-state index in [2.05, 4.69) is 20.2 Å². The lowest BCUT2D eigenvalue weighted by Crippen LogP contribution is -2.12. The minimum atomic E-state index is -3.94. The predicted octanol–water partition coefficient (Wildman–Crippen LogP) is 3.30. The molecular weight excluding hydrogens is 400 g/mol. The standard InChI is InChI=1S/C18H18N4O4S2/c1-3-26-15-9-5-8-14(11-15)22-28(24,25)18-21-20-17(27-18)19-16(23)13-7-4-6-12(2)10-13/h4-11,22H,3H2,1-2H3,(H,19,20,23). The third-order valence-electron chi connectivity index (χ3n) is 3.53. The molecule has 2 N–H and O–H groups in total. The summed E-state index contributed by atoms with van der Waals surface area (Å²) in [6, 6.07) is 13.6. The van der Waals surface area contributed by atoms with Gasteiger partial charge in [0.2, 0.25) is 5.13 Å². The second kappa shape index (κ2) is 8.36. The molecule has 0 aliphatic heterocycles. The molecule has 0 saturated heterocycles. The summed E-state index contributed by atoms with van der Waals surface area (Å²) in [5.74, 6) is 0.159. The van der Waals surface area contributed by atoms with Crippen molar-refractivity contribution < 1.29 is 17.9 Å². The Bertz CT molecular complexity index is 1100. The molecule has 146 valence electrons. The number of hydrogen-bond donors (Lipinski definition) is 2. The summed E-state index contributed by atoms with van der Waals surface area (Å²) in [5, 5.41) is 10.1. The van der Waals surface area contributed by atoms with Gasteiger partial charge in [-0.3, -0.25) is 14.8 Å². The first-order chi connectivity index (χ1) is 13.4. The summed E-state index contributed by atoms with van der Waals surface area (Å²) in [4.78, 5) is 12.3. The molecule has 0 unspecified atom stereocenters. The quantitative estimate of drug-likeness (QED) is 0.570. The van der Waals surface area contributed by atoms with Gasteiger partial charge in [-0.15, -0.1) is 10.2 Å². The lowest BCUT2D eigenvalue weighted by atomic mass is 10.1. The van der Waals surface area contributed by atoms with Gasteiger partial charge >= 0.3 is 0 Å². The van der Waals surface area contributed by atoms with E-state index in [0.29, 0.717) is 23.6 Å². The smallest absolute Gasteiger partial charge is 0.291 e. The molecule has 2 aromatic carbocycles. The maximum Gasteiger partial charge on any atom is 0.291 e. The first kappa shape index (κ1) is 19.8. The molecule has 1 heterocycles. The third-order valence-corrected chi connectivity index (χ3v) is 6.12. The zero-order valence-electron chi connectivity index (χ0n) is 15.2. The van der Waals surface area contributed by atoms with Crippen molar-refractivity contribution in [3.63, 3.8) is 0 Å². The van der Waals surface area contributed by atoms with Crippen LogP contribution in [-0.4, -0.2) is 31.1 Å². The molecule has 0 saturated carbocycles. The number of anilines is 2. The highest BCUT2D eigenvalue weighted by Gasteiger charge is 2.21. The average Bonchev–Trinajstić information content (AvgIpc) is 3.11. The van der Waals surface area contributed by atoms with Crippen molar-refractivity contribution in [2.24, 2.45) is 0 Å². The third kappa shape index (κ3) is 4.84. The summed E-state index contributed by atoms with van der Waals surface area (Å²) in [7, 11) is -3.94. The maximum atomic E-state index is 12.5. The second-order valence-electron chi connectivity index (χ2n) is 5.76. The Morgan fingerprint density at radius 3 is 2.68 bits per heavy atom. The Kier molecular flexibility index (Phi) is 5.90. The monoisotopic (exact) mass is 418 g/mol. The Hall–Kier alpha value is -2.98. The molecule has 0 atom stereocenters. The molecule has 3 aromatic rings. The van der Waals surface area contributed by atoms with E-state index in [4.69, 9.17) is 4.74 Å². The number of ether oxygens (including phenoxy) is 1. The van der Waals surface area contributed by atoms with Crippen LogP contribution in [0.15, 0.2) is 52.9 Å². The SMILES string of the molecule is CCOc1cccc(NS(=O)(=O)c2nnc(NC(=O)c3cccc(C)c3)s2)c1. The zero-order chi connectivity index (χ0) is 20.1. The number of benzene rings is 2. The van der Waals surface area contributed by atoms with Crippen molar-refractivity contribution in [3.05, 3.63) is 59.7 Å². The van der Waals surface area contributed by atoms with Gasteiger partial charge in [-0.1, -0.05) is 35.1 Å². The van der Waals surface area contributed by atoms with Crippen LogP contribution in [0, 0.1) is 6.92 Å². The largest absolute Gasteiger partial charge is 0.494 e. The Morgan fingerprint density at radius 1 is 1.14 bits per heavy atom. The van der Waals surface area contributed by atoms with Gasteiger partial charge in [0.1, 0.15) is 5.75 Å². The molecule has 3 rings (SSSR count). The molecule has 0 fully saturated rings. The first-order valence-electron chi connectivity index (χ1n) is 8.34. The lowest BCUT2D eigenvalue weighted by molar-refractivity contribution is 0.102. The summed E-state index contributed by atoms with van der Waals surface area (Å²) in [6.07, 6.45) is 0. The van der Waals surface area contributed by atoms with E-state index in [1.807, 2.05) is 19.9 Å². The minimum Gasteiger partial charge on any atom is -0.494 e. The Balaban J connectivity index is 1.73. The number of rotatable bonds is 7. The fourth-order valence-corrected chi connectivity index (χ4v) is 4.29. The molecule has 0 spiro atoms. The number of carbonyl (C=O) groups is 1.